The predicted octanol–water partition coefficient (Wildman–Crippen LogP) is 1.79. The van der Waals surface area contributed by atoms with E-state index < -0.39 is 63.8 Å². The fourth-order valence-electron chi connectivity index (χ4n) is 8.20. The highest BCUT2D eigenvalue weighted by Gasteiger charge is 2.83. The van der Waals surface area contributed by atoms with Crippen molar-refractivity contribution in [3.63, 3.8) is 0 Å². The van der Waals surface area contributed by atoms with Crippen molar-refractivity contribution in [1.82, 2.24) is 0 Å². The molecule has 3 fully saturated rings. The van der Waals surface area contributed by atoms with Gasteiger partial charge in [0.25, 0.3) is 0 Å². The molecule has 9 heteroatoms. The maximum absolute atomic E-state index is 13.7. The van der Waals surface area contributed by atoms with Crippen molar-refractivity contribution >= 4 is 11.9 Å². The lowest BCUT2D eigenvalue weighted by Crippen LogP contribution is -2.82. The summed E-state index contributed by atoms with van der Waals surface area (Å²) in [6, 6.07) is 9.37. The van der Waals surface area contributed by atoms with E-state index in [1.165, 1.54) is 6.92 Å². The normalized spacial score (nSPS) is 43.2. The van der Waals surface area contributed by atoms with E-state index in [0.717, 1.165) is 5.56 Å². The zero-order valence-corrected chi connectivity index (χ0v) is 22.6. The minimum absolute atomic E-state index is 0.0694. The molecule has 8 atom stereocenters. The first-order valence-electron chi connectivity index (χ1n) is 13.2. The molecule has 1 heterocycles. The van der Waals surface area contributed by atoms with Crippen LogP contribution in [0.25, 0.3) is 0 Å². The standard InChI is InChI=1S/C29H38O9/c1-16-11-21(32)27-13-19-26(5,29(35,23(16)27)24(33)38-25(27,3)4)20(31)12-22(37-17(2)30)28(19,34)15-36-14-18-9-7-6-8-10-18/h6-10,19-22,31-32,34-35H,11-15H2,1-5H3/t19?,20-,21+,22-,26-,27?,28+,29+/m0/s1. The third-order valence-electron chi connectivity index (χ3n) is 10.1. The number of rotatable bonds is 5. The van der Waals surface area contributed by atoms with Crippen molar-refractivity contribution in [2.45, 2.75) is 95.6 Å². The van der Waals surface area contributed by atoms with Crippen LogP contribution in [-0.2, 0) is 30.4 Å². The van der Waals surface area contributed by atoms with E-state index in [-0.39, 0.29) is 32.5 Å². The van der Waals surface area contributed by atoms with Crippen molar-refractivity contribution < 1.29 is 44.2 Å². The molecular weight excluding hydrogens is 492 g/mol. The Bertz CT molecular complexity index is 1180. The highest BCUT2D eigenvalue weighted by Crippen LogP contribution is 2.73. The van der Waals surface area contributed by atoms with Crippen LogP contribution >= 0.6 is 0 Å². The number of aliphatic hydroxyl groups is 4. The van der Waals surface area contributed by atoms with E-state index >= 15 is 0 Å². The van der Waals surface area contributed by atoms with Crippen molar-refractivity contribution in [2.24, 2.45) is 16.7 Å². The molecular formula is C29H38O9. The van der Waals surface area contributed by atoms with Gasteiger partial charge in [-0.25, -0.2) is 4.79 Å². The monoisotopic (exact) mass is 530 g/mol. The molecule has 4 N–H and O–H groups in total. The minimum atomic E-state index is -2.32. The van der Waals surface area contributed by atoms with Gasteiger partial charge in [0.2, 0.25) is 0 Å². The Hall–Kier alpha value is -2.30. The largest absolute Gasteiger partial charge is 0.459 e. The van der Waals surface area contributed by atoms with Gasteiger partial charge in [0, 0.05) is 24.7 Å². The van der Waals surface area contributed by atoms with Gasteiger partial charge >= 0.3 is 11.9 Å². The Morgan fingerprint density at radius 3 is 2.39 bits per heavy atom. The van der Waals surface area contributed by atoms with E-state index in [1.54, 1.807) is 27.7 Å². The fraction of sp³-hybridized carbons (Fsp3) is 0.655. The summed E-state index contributed by atoms with van der Waals surface area (Å²) in [4.78, 5) is 25.8. The number of ether oxygens (including phenoxy) is 3. The summed E-state index contributed by atoms with van der Waals surface area (Å²) in [7, 11) is 0. The molecule has 5 rings (SSSR count). The lowest BCUT2D eigenvalue weighted by molar-refractivity contribution is -0.322. The summed E-state index contributed by atoms with van der Waals surface area (Å²) in [5.41, 5.74) is -6.39. The van der Waals surface area contributed by atoms with Crippen LogP contribution in [0.2, 0.25) is 0 Å². The molecule has 2 bridgehead atoms. The molecule has 38 heavy (non-hydrogen) atoms. The van der Waals surface area contributed by atoms with E-state index in [9.17, 15) is 30.0 Å². The molecule has 0 aromatic heterocycles. The number of benzene rings is 1. The van der Waals surface area contributed by atoms with Crippen molar-refractivity contribution in [1.29, 1.82) is 0 Å². The Kier molecular flexibility index (Phi) is 6.17. The van der Waals surface area contributed by atoms with Gasteiger partial charge in [0.1, 0.15) is 17.3 Å². The van der Waals surface area contributed by atoms with Gasteiger partial charge in [-0.05, 0) is 44.7 Å². The lowest BCUT2D eigenvalue weighted by atomic mass is 9.38. The molecule has 4 aliphatic rings. The minimum Gasteiger partial charge on any atom is -0.459 e. The molecule has 1 aliphatic heterocycles. The SMILES string of the molecule is CC(=O)O[C@H]1C[C@H](O)[C@]2(C)C(CC34C(=C(C)C[C@H]3O)[C@@]2(O)C(=O)OC4(C)C)[C@]1(O)COCc1ccccc1. The molecule has 1 saturated heterocycles. The van der Waals surface area contributed by atoms with Crippen LogP contribution < -0.4 is 0 Å². The Labute approximate surface area is 222 Å². The first-order chi connectivity index (χ1) is 17.7. The van der Waals surface area contributed by atoms with E-state index in [4.69, 9.17) is 14.2 Å². The Morgan fingerprint density at radius 2 is 1.76 bits per heavy atom. The molecule has 0 amide bonds. The number of cyclic esters (lactones) is 1. The van der Waals surface area contributed by atoms with Crippen LogP contribution in [0.5, 0.6) is 0 Å². The molecule has 0 radical (unpaired) electrons. The number of carbonyl (C=O) groups is 2. The average Bonchev–Trinajstić information content (AvgIpc) is 3.10. The van der Waals surface area contributed by atoms with Crippen molar-refractivity contribution in [2.75, 3.05) is 6.61 Å². The summed E-state index contributed by atoms with van der Waals surface area (Å²) in [5, 5.41) is 47.9. The third kappa shape index (κ3) is 3.29. The molecule has 2 unspecified atom stereocenters. The first-order valence-corrected chi connectivity index (χ1v) is 13.2. The summed E-state index contributed by atoms with van der Waals surface area (Å²) in [5.74, 6) is -2.58. The molecule has 9 nitrogen and oxygen atoms in total. The van der Waals surface area contributed by atoms with Crippen molar-refractivity contribution in [3.05, 3.63) is 47.0 Å². The quantitative estimate of drug-likeness (QED) is 0.331. The summed E-state index contributed by atoms with van der Waals surface area (Å²) in [6.45, 7) is 7.84. The van der Waals surface area contributed by atoms with Gasteiger partial charge in [-0.3, -0.25) is 4.79 Å². The molecule has 3 aliphatic carbocycles. The zero-order chi connectivity index (χ0) is 27.9. The maximum atomic E-state index is 13.7. The summed E-state index contributed by atoms with van der Waals surface area (Å²) >= 11 is 0. The zero-order valence-electron chi connectivity index (χ0n) is 22.6. The number of carbonyl (C=O) groups excluding carboxylic acids is 2. The second-order valence-corrected chi connectivity index (χ2v) is 12.3. The van der Waals surface area contributed by atoms with Gasteiger partial charge in [-0.1, -0.05) is 42.8 Å². The second kappa shape index (κ2) is 8.60. The summed E-state index contributed by atoms with van der Waals surface area (Å²) < 4.78 is 17.4. The molecule has 1 aromatic rings. The topological polar surface area (TPSA) is 143 Å². The average molecular weight is 531 g/mol. The van der Waals surface area contributed by atoms with E-state index in [1.807, 2.05) is 30.3 Å². The van der Waals surface area contributed by atoms with Crippen LogP contribution in [0, 0.1) is 16.7 Å². The summed E-state index contributed by atoms with van der Waals surface area (Å²) in [6.07, 6.45) is -3.46. The van der Waals surface area contributed by atoms with Crippen LogP contribution in [-0.4, -0.2) is 74.1 Å². The second-order valence-electron chi connectivity index (χ2n) is 12.3. The predicted molar refractivity (Wildman–Crippen MR) is 134 cm³/mol. The highest BCUT2D eigenvalue weighted by atomic mass is 16.6. The maximum Gasteiger partial charge on any atom is 0.343 e. The van der Waals surface area contributed by atoms with Gasteiger partial charge in [0.15, 0.2) is 5.60 Å². The fourth-order valence-corrected chi connectivity index (χ4v) is 8.20. The number of hydrogen-bond acceptors (Lipinski definition) is 9. The number of fused-ring (bicyclic) bond motifs is 2. The smallest absolute Gasteiger partial charge is 0.343 e. The highest BCUT2D eigenvalue weighted by molar-refractivity contribution is 5.89. The van der Waals surface area contributed by atoms with Gasteiger partial charge in [-0.15, -0.1) is 0 Å². The van der Waals surface area contributed by atoms with Crippen LogP contribution in [0.15, 0.2) is 41.5 Å². The van der Waals surface area contributed by atoms with Gasteiger partial charge < -0.3 is 34.6 Å². The van der Waals surface area contributed by atoms with Crippen LogP contribution in [0.3, 0.4) is 0 Å². The lowest BCUT2D eigenvalue weighted by Gasteiger charge is -2.70. The number of hydrogen-bond donors (Lipinski definition) is 4. The van der Waals surface area contributed by atoms with Crippen LogP contribution in [0.4, 0.5) is 0 Å². The van der Waals surface area contributed by atoms with E-state index in [0.29, 0.717) is 11.1 Å². The molecule has 2 saturated carbocycles. The van der Waals surface area contributed by atoms with Crippen molar-refractivity contribution in [3.8, 4) is 0 Å². The van der Waals surface area contributed by atoms with Gasteiger partial charge in [-0.2, -0.15) is 0 Å². The number of esters is 2. The Morgan fingerprint density at radius 1 is 1.11 bits per heavy atom. The van der Waals surface area contributed by atoms with Crippen LogP contribution in [0.1, 0.15) is 59.4 Å². The third-order valence-corrected chi connectivity index (χ3v) is 10.1. The first kappa shape index (κ1) is 27.3. The number of aliphatic hydroxyl groups excluding tert-OH is 2. The van der Waals surface area contributed by atoms with E-state index in [2.05, 4.69) is 0 Å². The molecule has 1 aromatic carbocycles. The molecule has 0 spiro atoms. The molecule has 208 valence electrons. The van der Waals surface area contributed by atoms with Gasteiger partial charge in [0.05, 0.1) is 30.8 Å². The Balaban J connectivity index is 1.66.